The predicted octanol–water partition coefficient (Wildman–Crippen LogP) is 6.31. The SMILES string of the molecule is C.CC(=O)OCC1OC(Oc2c(C)cc(-c3ccc4cc[nH]c(=O)c4c3)cc2C)C(OC(C)=O)C(C)C1C.Cc1cc(-c2ccc3cc[nH]c(=O)c3c2)cc(C)c1OC1OC(CO)C(O)C(O)C1O. The fraction of sp³-hybridized carbons (Fsp3) is 0.396. The molecule has 16 heteroatoms. The van der Waals surface area contributed by atoms with Crippen LogP contribution < -0.4 is 20.6 Å². The molecule has 10 unspecified atom stereocenters. The van der Waals surface area contributed by atoms with Crippen molar-refractivity contribution in [1.82, 2.24) is 9.97 Å². The number of aliphatic hydroxyl groups excluding tert-OH is 4. The van der Waals surface area contributed by atoms with Gasteiger partial charge in [-0.2, -0.15) is 0 Å². The lowest BCUT2D eigenvalue weighted by Crippen LogP contribution is -2.60. The molecule has 8 rings (SSSR count). The topological polar surface area (TPSA) is 236 Å². The maximum atomic E-state index is 12.3. The Morgan fingerprint density at radius 1 is 0.594 bits per heavy atom. The van der Waals surface area contributed by atoms with Gasteiger partial charge in [0.25, 0.3) is 11.1 Å². The number of hydrogen-bond acceptors (Lipinski definition) is 14. The van der Waals surface area contributed by atoms with E-state index in [0.717, 1.165) is 55.3 Å². The number of benzene rings is 4. The zero-order valence-corrected chi connectivity index (χ0v) is 39.1. The summed E-state index contributed by atoms with van der Waals surface area (Å²) < 4.78 is 34.7. The first-order chi connectivity index (χ1) is 32.3. The fourth-order valence-corrected chi connectivity index (χ4v) is 8.83. The Bertz CT molecular complexity index is 2880. The number of carbonyl (C=O) groups is 2. The number of aliphatic hydroxyl groups is 4. The van der Waals surface area contributed by atoms with Crippen LogP contribution in [0.1, 0.15) is 57.4 Å². The number of ether oxygens (including phenoxy) is 6. The highest BCUT2D eigenvalue weighted by Gasteiger charge is 2.46. The van der Waals surface area contributed by atoms with Crippen LogP contribution in [-0.4, -0.2) is 105 Å². The lowest BCUT2D eigenvalue weighted by atomic mass is 9.83. The Balaban J connectivity index is 0.000000227. The van der Waals surface area contributed by atoms with Crippen molar-refractivity contribution in [3.63, 3.8) is 0 Å². The molecule has 69 heavy (non-hydrogen) atoms. The summed E-state index contributed by atoms with van der Waals surface area (Å²) in [6.07, 6.45) is -5.40. The van der Waals surface area contributed by atoms with E-state index < -0.39 is 61.8 Å². The van der Waals surface area contributed by atoms with E-state index in [1.807, 2.05) is 114 Å². The second-order valence-corrected chi connectivity index (χ2v) is 17.7. The smallest absolute Gasteiger partial charge is 0.303 e. The summed E-state index contributed by atoms with van der Waals surface area (Å²) in [5, 5.41) is 42.5. The first kappa shape index (κ1) is 52.0. The predicted molar refractivity (Wildman–Crippen MR) is 260 cm³/mol. The molecule has 2 fully saturated rings. The minimum Gasteiger partial charge on any atom is -0.463 e. The first-order valence-electron chi connectivity index (χ1n) is 22.4. The van der Waals surface area contributed by atoms with Gasteiger partial charge in [0.05, 0.1) is 12.7 Å². The standard InChI is InChI=1S/C29H33NO7.C23H25NO7.CH4/c1-15-11-23(22-8-7-21-9-10-30-28(33)24(21)13-22)12-16(2)26(15)37-29-27(35-20(6)32)18(4)17(3)25(36-29)14-34-19(5)31;1-11-7-15(14-4-3-13-5-6-24-22(29)16(13)9-14)8-12(2)21(11)31-23-20(28)19(27)18(26)17(10-25)30-23;/h7-13,17-18,25,27,29H,14H2,1-6H3,(H,30,33);3-9,17-20,23,25-28H,10H2,1-2H3,(H,24,29);1H4. The number of aryl methyl sites for hydroxylation is 4. The molecule has 0 amide bonds. The summed E-state index contributed by atoms with van der Waals surface area (Å²) >= 11 is 0. The number of rotatable bonds is 10. The zero-order valence-electron chi connectivity index (χ0n) is 39.1. The van der Waals surface area contributed by atoms with Crippen molar-refractivity contribution in [3.8, 4) is 33.8 Å². The van der Waals surface area contributed by atoms with Crippen LogP contribution in [0.5, 0.6) is 11.5 Å². The molecule has 0 aliphatic carbocycles. The third kappa shape index (κ3) is 11.4. The lowest BCUT2D eigenvalue weighted by Gasteiger charge is -2.43. The van der Waals surface area contributed by atoms with Gasteiger partial charge in [0.2, 0.25) is 12.6 Å². The maximum Gasteiger partial charge on any atom is 0.303 e. The molecule has 10 atom stereocenters. The number of carbonyl (C=O) groups excluding carboxylic acids is 2. The molecule has 2 saturated heterocycles. The van der Waals surface area contributed by atoms with Crippen LogP contribution in [0.3, 0.4) is 0 Å². The van der Waals surface area contributed by atoms with Gasteiger partial charge in [-0.3, -0.25) is 19.2 Å². The van der Waals surface area contributed by atoms with E-state index in [-0.39, 0.29) is 43.0 Å². The van der Waals surface area contributed by atoms with Gasteiger partial charge in [-0.1, -0.05) is 45.5 Å². The number of aromatic nitrogens is 2. The van der Waals surface area contributed by atoms with Gasteiger partial charge < -0.3 is 58.8 Å². The van der Waals surface area contributed by atoms with Crippen LogP contribution in [-0.2, 0) is 28.5 Å². The molecule has 2 aromatic heterocycles. The van der Waals surface area contributed by atoms with Crippen LogP contribution in [0.4, 0.5) is 0 Å². The molecule has 16 nitrogen and oxygen atoms in total. The Hall–Kier alpha value is -6.40. The Labute approximate surface area is 399 Å². The van der Waals surface area contributed by atoms with Crippen molar-refractivity contribution in [3.05, 3.63) is 128 Å². The second kappa shape index (κ2) is 21.9. The van der Waals surface area contributed by atoms with E-state index in [4.69, 9.17) is 28.4 Å². The molecule has 0 spiro atoms. The van der Waals surface area contributed by atoms with Crippen molar-refractivity contribution in [2.45, 2.75) is 112 Å². The van der Waals surface area contributed by atoms with Crippen molar-refractivity contribution in [2.24, 2.45) is 11.8 Å². The number of H-pyrrole nitrogens is 2. The molecule has 2 aliphatic heterocycles. The zero-order chi connectivity index (χ0) is 49.1. The van der Waals surface area contributed by atoms with Crippen LogP contribution in [0.15, 0.2) is 94.8 Å². The van der Waals surface area contributed by atoms with Gasteiger partial charge >= 0.3 is 11.9 Å². The minimum atomic E-state index is -1.51. The van der Waals surface area contributed by atoms with Crippen molar-refractivity contribution in [1.29, 1.82) is 0 Å². The Morgan fingerprint density at radius 3 is 1.51 bits per heavy atom. The van der Waals surface area contributed by atoms with Crippen LogP contribution in [0.2, 0.25) is 0 Å². The average Bonchev–Trinajstić information content (AvgIpc) is 3.30. The molecule has 368 valence electrons. The number of hydrogen-bond donors (Lipinski definition) is 6. The van der Waals surface area contributed by atoms with E-state index in [1.54, 1.807) is 12.4 Å². The molecular weight excluding hydrogens is 889 g/mol. The molecule has 6 N–H and O–H groups in total. The lowest BCUT2D eigenvalue weighted by molar-refractivity contribution is -0.277. The normalized spacial score (nSPS) is 24.3. The third-order valence-electron chi connectivity index (χ3n) is 12.7. The van der Waals surface area contributed by atoms with Crippen LogP contribution in [0.25, 0.3) is 43.8 Å². The van der Waals surface area contributed by atoms with Crippen molar-refractivity contribution >= 4 is 33.5 Å². The Kier molecular flexibility index (Phi) is 16.5. The van der Waals surface area contributed by atoms with E-state index in [0.29, 0.717) is 22.3 Å². The Morgan fingerprint density at radius 2 is 1.06 bits per heavy atom. The summed E-state index contributed by atoms with van der Waals surface area (Å²) in [5.41, 5.74) is 6.58. The first-order valence-corrected chi connectivity index (χ1v) is 22.4. The summed E-state index contributed by atoms with van der Waals surface area (Å²) in [6.45, 7) is 13.8. The summed E-state index contributed by atoms with van der Waals surface area (Å²) in [5.74, 6) is 0.142. The molecule has 6 aromatic rings. The minimum absolute atomic E-state index is 0. The second-order valence-electron chi connectivity index (χ2n) is 17.7. The number of aromatic amines is 2. The van der Waals surface area contributed by atoms with Crippen LogP contribution in [0, 0.1) is 39.5 Å². The van der Waals surface area contributed by atoms with E-state index in [1.165, 1.54) is 13.8 Å². The highest BCUT2D eigenvalue weighted by Crippen LogP contribution is 2.38. The van der Waals surface area contributed by atoms with Gasteiger partial charge in [0.1, 0.15) is 42.5 Å². The molecule has 0 bridgehead atoms. The highest BCUT2D eigenvalue weighted by atomic mass is 16.7. The monoisotopic (exact) mass is 950 g/mol. The van der Waals surface area contributed by atoms with Gasteiger partial charge in [-0.15, -0.1) is 0 Å². The quantitative estimate of drug-likeness (QED) is 0.0827. The number of pyridine rings is 2. The third-order valence-corrected chi connectivity index (χ3v) is 12.7. The van der Waals surface area contributed by atoms with E-state index >= 15 is 0 Å². The molecule has 0 radical (unpaired) electrons. The highest BCUT2D eigenvalue weighted by molar-refractivity contribution is 5.88. The average molecular weight is 951 g/mol. The molecular formula is C53H62N2O14. The number of fused-ring (bicyclic) bond motifs is 2. The van der Waals surface area contributed by atoms with Gasteiger partial charge in [0.15, 0.2) is 6.10 Å². The molecule has 4 heterocycles. The molecule has 2 aliphatic rings. The maximum absolute atomic E-state index is 12.3. The van der Waals surface area contributed by atoms with Crippen LogP contribution >= 0.6 is 0 Å². The summed E-state index contributed by atoms with van der Waals surface area (Å²) in [4.78, 5) is 53.1. The number of esters is 2. The molecule has 0 saturated carbocycles. The van der Waals surface area contributed by atoms with E-state index in [9.17, 15) is 39.6 Å². The van der Waals surface area contributed by atoms with Gasteiger partial charge in [0, 0.05) is 42.9 Å². The van der Waals surface area contributed by atoms with Gasteiger partial charge in [-0.05, 0) is 137 Å². The largest absolute Gasteiger partial charge is 0.463 e. The van der Waals surface area contributed by atoms with Gasteiger partial charge in [-0.25, -0.2) is 0 Å². The van der Waals surface area contributed by atoms with Crippen molar-refractivity contribution in [2.75, 3.05) is 13.2 Å². The van der Waals surface area contributed by atoms with Crippen molar-refractivity contribution < 1.29 is 58.4 Å². The van der Waals surface area contributed by atoms with E-state index in [2.05, 4.69) is 9.97 Å². The number of nitrogens with one attached hydrogen (secondary N) is 2. The fourth-order valence-electron chi connectivity index (χ4n) is 8.83. The summed E-state index contributed by atoms with van der Waals surface area (Å²) in [7, 11) is 0. The molecule has 4 aromatic carbocycles. The summed E-state index contributed by atoms with van der Waals surface area (Å²) in [6, 6.07) is 22.9.